The molecule has 102 valence electrons. The number of rotatable bonds is 2. The summed E-state index contributed by atoms with van der Waals surface area (Å²) in [4.78, 5) is 4.28. The Labute approximate surface area is 115 Å². The van der Waals surface area contributed by atoms with Crippen LogP contribution in [0.3, 0.4) is 0 Å². The zero-order chi connectivity index (χ0) is 13.0. The summed E-state index contributed by atoms with van der Waals surface area (Å²) in [5.74, 6) is 4.44. The van der Waals surface area contributed by atoms with Crippen LogP contribution in [0.15, 0.2) is 24.5 Å². The lowest BCUT2D eigenvalue weighted by atomic mass is 9.48. The first-order valence-corrected chi connectivity index (χ1v) is 7.84. The molecule has 1 aromatic rings. The maximum Gasteiger partial charge on any atom is 0.0430 e. The molecule has 0 spiro atoms. The largest absolute Gasteiger partial charge is 0.321 e. The van der Waals surface area contributed by atoms with Crippen LogP contribution in [-0.4, -0.2) is 4.98 Å². The smallest absolute Gasteiger partial charge is 0.0430 e. The van der Waals surface area contributed by atoms with E-state index in [0.29, 0.717) is 5.92 Å². The van der Waals surface area contributed by atoms with Crippen molar-refractivity contribution in [3.63, 3.8) is 0 Å². The van der Waals surface area contributed by atoms with Crippen LogP contribution in [0.1, 0.15) is 44.6 Å². The normalized spacial score (nSPS) is 43.2. The highest BCUT2D eigenvalue weighted by molar-refractivity contribution is 5.22. The van der Waals surface area contributed by atoms with Crippen molar-refractivity contribution in [1.82, 2.24) is 4.98 Å². The maximum atomic E-state index is 6.82. The molecule has 0 aromatic carbocycles. The van der Waals surface area contributed by atoms with Crippen LogP contribution < -0.4 is 5.73 Å². The molecule has 0 aliphatic heterocycles. The number of aromatic nitrogens is 1. The fraction of sp³-hybridized carbons (Fsp3) is 0.706. The molecule has 0 radical (unpaired) electrons. The first-order valence-electron chi connectivity index (χ1n) is 7.84. The van der Waals surface area contributed by atoms with E-state index in [1.54, 1.807) is 0 Å². The summed E-state index contributed by atoms with van der Waals surface area (Å²) in [6.45, 7) is 2.25. The summed E-state index contributed by atoms with van der Waals surface area (Å²) in [5, 5.41) is 0. The van der Waals surface area contributed by atoms with Gasteiger partial charge in [0.1, 0.15) is 0 Å². The van der Waals surface area contributed by atoms with Gasteiger partial charge in [-0.05, 0) is 80.2 Å². The van der Waals surface area contributed by atoms with Crippen molar-refractivity contribution in [3.05, 3.63) is 30.1 Å². The molecule has 2 heteroatoms. The van der Waals surface area contributed by atoms with Crippen molar-refractivity contribution in [2.75, 3.05) is 0 Å². The van der Waals surface area contributed by atoms with E-state index in [2.05, 4.69) is 18.0 Å². The molecular formula is C17H24N2. The van der Waals surface area contributed by atoms with Crippen LogP contribution in [0.4, 0.5) is 0 Å². The van der Waals surface area contributed by atoms with E-state index in [1.807, 2.05) is 18.5 Å². The number of nitrogens with two attached hydrogens (primary N) is 1. The van der Waals surface area contributed by atoms with Crippen LogP contribution in [0.5, 0.6) is 0 Å². The van der Waals surface area contributed by atoms with Gasteiger partial charge in [0.25, 0.3) is 0 Å². The lowest BCUT2D eigenvalue weighted by molar-refractivity contribution is -0.0677. The predicted octanol–water partition coefficient (Wildman–Crippen LogP) is 3.33. The van der Waals surface area contributed by atoms with Gasteiger partial charge in [-0.1, -0.05) is 6.07 Å². The quantitative estimate of drug-likeness (QED) is 0.881. The summed E-state index contributed by atoms with van der Waals surface area (Å²) in [7, 11) is 0. The highest BCUT2D eigenvalue weighted by Gasteiger charge is 2.53. The van der Waals surface area contributed by atoms with E-state index in [4.69, 9.17) is 5.73 Å². The second-order valence-electron chi connectivity index (χ2n) is 7.48. The first kappa shape index (κ1) is 11.9. The second-order valence-corrected chi connectivity index (χ2v) is 7.48. The van der Waals surface area contributed by atoms with Crippen molar-refractivity contribution in [2.45, 2.75) is 44.6 Å². The summed E-state index contributed by atoms with van der Waals surface area (Å²) < 4.78 is 0. The van der Waals surface area contributed by atoms with Crippen molar-refractivity contribution in [1.29, 1.82) is 0 Å². The third-order valence-corrected chi connectivity index (χ3v) is 6.20. The molecular weight excluding hydrogens is 232 g/mol. The minimum atomic E-state index is -0.198. The molecule has 4 aliphatic carbocycles. The Morgan fingerprint density at radius 2 is 1.74 bits per heavy atom. The van der Waals surface area contributed by atoms with Crippen molar-refractivity contribution in [3.8, 4) is 0 Å². The average Bonchev–Trinajstić information content (AvgIpc) is 2.38. The van der Waals surface area contributed by atoms with Crippen LogP contribution in [0.2, 0.25) is 0 Å². The molecule has 5 rings (SSSR count). The van der Waals surface area contributed by atoms with Crippen molar-refractivity contribution >= 4 is 0 Å². The molecule has 4 aliphatic rings. The highest BCUT2D eigenvalue weighted by atomic mass is 14.8. The van der Waals surface area contributed by atoms with Crippen LogP contribution >= 0.6 is 0 Å². The lowest BCUT2D eigenvalue weighted by Crippen LogP contribution is -2.56. The highest BCUT2D eigenvalue weighted by Crippen LogP contribution is 2.60. The minimum absolute atomic E-state index is 0.198. The van der Waals surface area contributed by atoms with Crippen molar-refractivity contribution in [2.24, 2.45) is 35.3 Å². The molecule has 4 fully saturated rings. The number of hydrogen-bond donors (Lipinski definition) is 1. The van der Waals surface area contributed by atoms with E-state index < -0.39 is 0 Å². The van der Waals surface area contributed by atoms with Crippen LogP contribution in [0.25, 0.3) is 0 Å². The summed E-state index contributed by atoms with van der Waals surface area (Å²) >= 11 is 0. The van der Waals surface area contributed by atoms with E-state index in [9.17, 15) is 0 Å². The van der Waals surface area contributed by atoms with Gasteiger partial charge in [0, 0.05) is 17.9 Å². The summed E-state index contributed by atoms with van der Waals surface area (Å²) in [6, 6.07) is 4.19. The Hall–Kier alpha value is -0.890. The topological polar surface area (TPSA) is 38.9 Å². The number of nitrogens with zero attached hydrogens (tertiary/aromatic N) is 1. The Morgan fingerprint density at radius 1 is 1.11 bits per heavy atom. The van der Waals surface area contributed by atoms with Gasteiger partial charge >= 0.3 is 0 Å². The molecule has 2 N–H and O–H groups in total. The zero-order valence-corrected chi connectivity index (χ0v) is 11.8. The van der Waals surface area contributed by atoms with Gasteiger partial charge < -0.3 is 5.73 Å². The van der Waals surface area contributed by atoms with Gasteiger partial charge in [0.15, 0.2) is 0 Å². The number of hydrogen-bond acceptors (Lipinski definition) is 2. The average molecular weight is 256 g/mol. The standard InChI is InChI=1S/C17H24N2/c1-17(18,15-3-2-4-19-10-15)16-13-6-11-5-12(8-13)9-14(16)7-11/h2-4,10-14,16H,5-9,18H2,1H3. The van der Waals surface area contributed by atoms with Crippen LogP contribution in [-0.2, 0) is 5.54 Å². The minimum Gasteiger partial charge on any atom is -0.321 e. The predicted molar refractivity (Wildman–Crippen MR) is 76.3 cm³/mol. The molecule has 1 aromatic heterocycles. The van der Waals surface area contributed by atoms with E-state index in [0.717, 1.165) is 23.7 Å². The molecule has 4 bridgehead atoms. The fourth-order valence-electron chi connectivity index (χ4n) is 5.78. The number of pyridine rings is 1. The Balaban J connectivity index is 1.68. The Bertz CT molecular complexity index is 437. The van der Waals surface area contributed by atoms with Gasteiger partial charge in [-0.2, -0.15) is 0 Å². The van der Waals surface area contributed by atoms with Gasteiger partial charge in [-0.15, -0.1) is 0 Å². The van der Waals surface area contributed by atoms with Gasteiger partial charge in [0.05, 0.1) is 0 Å². The molecule has 0 amide bonds. The zero-order valence-electron chi connectivity index (χ0n) is 11.8. The van der Waals surface area contributed by atoms with Crippen molar-refractivity contribution < 1.29 is 0 Å². The molecule has 1 atom stereocenters. The van der Waals surface area contributed by atoms with Gasteiger partial charge in [-0.25, -0.2) is 0 Å². The summed E-state index contributed by atoms with van der Waals surface area (Å²) in [6.07, 6.45) is 11.1. The van der Waals surface area contributed by atoms with Crippen LogP contribution in [0, 0.1) is 29.6 Å². The molecule has 1 heterocycles. The maximum absolute atomic E-state index is 6.82. The van der Waals surface area contributed by atoms with E-state index in [1.165, 1.54) is 37.7 Å². The van der Waals surface area contributed by atoms with Gasteiger partial charge in [-0.3, -0.25) is 4.98 Å². The fourth-order valence-corrected chi connectivity index (χ4v) is 5.78. The Morgan fingerprint density at radius 3 is 2.26 bits per heavy atom. The Kier molecular flexibility index (Phi) is 2.54. The molecule has 0 saturated heterocycles. The molecule has 2 nitrogen and oxygen atoms in total. The molecule has 4 saturated carbocycles. The monoisotopic (exact) mass is 256 g/mol. The third kappa shape index (κ3) is 1.76. The molecule has 1 unspecified atom stereocenters. The SMILES string of the molecule is CC(N)(c1cccnc1)C1C2CC3CC(C2)CC1C3. The first-order chi connectivity index (χ1) is 9.14. The lowest BCUT2D eigenvalue weighted by Gasteiger charge is -2.58. The van der Waals surface area contributed by atoms with Gasteiger partial charge in [0.2, 0.25) is 0 Å². The second kappa shape index (κ2) is 4.05. The molecule has 19 heavy (non-hydrogen) atoms. The van der Waals surface area contributed by atoms with E-state index >= 15 is 0 Å². The summed E-state index contributed by atoms with van der Waals surface area (Å²) in [5.41, 5.74) is 7.85. The van der Waals surface area contributed by atoms with E-state index in [-0.39, 0.29) is 5.54 Å². The third-order valence-electron chi connectivity index (χ3n) is 6.20.